The average molecular weight is 860 g/mol. The molecule has 0 aromatic heterocycles. The first-order chi connectivity index (χ1) is 30.0. The van der Waals surface area contributed by atoms with E-state index in [9.17, 15) is 19.8 Å². The molecule has 0 aliphatic rings. The summed E-state index contributed by atoms with van der Waals surface area (Å²) in [6.45, 7) is 4.91. The molecule has 1 amide bonds. The van der Waals surface area contributed by atoms with Crippen LogP contribution in [-0.4, -0.2) is 47.4 Å². The van der Waals surface area contributed by atoms with Gasteiger partial charge in [-0.05, 0) is 77.0 Å². The van der Waals surface area contributed by atoms with Gasteiger partial charge in [0.15, 0.2) is 0 Å². The fourth-order valence-corrected chi connectivity index (χ4v) is 8.28. The second-order valence-corrected chi connectivity index (χ2v) is 18.6. The van der Waals surface area contributed by atoms with Crippen molar-refractivity contribution in [2.24, 2.45) is 0 Å². The Morgan fingerprint density at radius 3 is 1.20 bits per heavy atom. The molecule has 0 spiro atoms. The van der Waals surface area contributed by atoms with Crippen molar-refractivity contribution in [2.45, 2.75) is 302 Å². The third-order valence-electron chi connectivity index (χ3n) is 12.5. The SMILES string of the molecule is CCCCC/C=C\CCCCCCCC(=O)OCCCCCCCCCCCC/C=C\CCCCCCCCCC(=O)NC(CO)C(O)CCCCCCCCCCCCC. The third-order valence-corrected chi connectivity index (χ3v) is 12.5. The normalized spacial score (nSPS) is 12.8. The van der Waals surface area contributed by atoms with E-state index in [1.807, 2.05) is 0 Å². The van der Waals surface area contributed by atoms with E-state index in [4.69, 9.17) is 4.74 Å². The van der Waals surface area contributed by atoms with Crippen LogP contribution in [0, 0.1) is 0 Å². The number of ether oxygens (including phenoxy) is 1. The molecular weight excluding hydrogens is 755 g/mol. The lowest BCUT2D eigenvalue weighted by atomic mass is 10.0. The van der Waals surface area contributed by atoms with Gasteiger partial charge in [-0.3, -0.25) is 9.59 Å². The van der Waals surface area contributed by atoms with Crippen LogP contribution >= 0.6 is 0 Å². The highest BCUT2D eigenvalue weighted by atomic mass is 16.5. The standard InChI is InChI=1S/C55H105NO5/c1-3-5-7-9-11-13-15-29-33-37-41-45-49-55(60)61-50-46-42-38-34-30-26-24-22-20-18-16-17-19-21-23-25-28-32-36-40-44-48-54(59)56-52(51-57)53(58)47-43-39-35-31-27-14-12-10-8-6-4-2/h11,13,17,19,52-53,57-58H,3-10,12,14-16,18,20-51H2,1-2H3,(H,56,59)/b13-11-,19-17-. The predicted octanol–water partition coefficient (Wildman–Crippen LogP) is 16.3. The summed E-state index contributed by atoms with van der Waals surface area (Å²) in [4.78, 5) is 24.4. The van der Waals surface area contributed by atoms with E-state index < -0.39 is 12.1 Å². The molecule has 0 aliphatic heterocycles. The molecule has 0 bridgehead atoms. The summed E-state index contributed by atoms with van der Waals surface area (Å²) in [6, 6.07) is -0.545. The van der Waals surface area contributed by atoms with Crippen molar-refractivity contribution in [2.75, 3.05) is 13.2 Å². The summed E-state index contributed by atoms with van der Waals surface area (Å²) in [5.41, 5.74) is 0. The Balaban J connectivity index is 3.42. The van der Waals surface area contributed by atoms with Gasteiger partial charge in [0, 0.05) is 12.8 Å². The number of esters is 1. The van der Waals surface area contributed by atoms with E-state index in [1.165, 1.54) is 212 Å². The summed E-state index contributed by atoms with van der Waals surface area (Å²) >= 11 is 0. The Kier molecular flexibility index (Phi) is 49.6. The van der Waals surface area contributed by atoms with Crippen molar-refractivity contribution in [3.63, 3.8) is 0 Å². The van der Waals surface area contributed by atoms with E-state index in [2.05, 4.69) is 43.5 Å². The maximum absolute atomic E-state index is 12.4. The summed E-state index contributed by atoms with van der Waals surface area (Å²) in [6.07, 6.45) is 60.2. The highest BCUT2D eigenvalue weighted by molar-refractivity contribution is 5.76. The number of nitrogens with one attached hydrogen (secondary N) is 1. The third kappa shape index (κ3) is 47.7. The van der Waals surface area contributed by atoms with Gasteiger partial charge in [-0.1, -0.05) is 224 Å². The van der Waals surface area contributed by atoms with E-state index in [0.29, 0.717) is 25.9 Å². The first-order valence-corrected chi connectivity index (χ1v) is 27.1. The molecule has 0 saturated carbocycles. The van der Waals surface area contributed by atoms with Crippen molar-refractivity contribution >= 4 is 11.9 Å². The number of hydrogen-bond donors (Lipinski definition) is 3. The predicted molar refractivity (Wildman–Crippen MR) is 264 cm³/mol. The van der Waals surface area contributed by atoms with Crippen LogP contribution in [0.1, 0.15) is 290 Å². The zero-order chi connectivity index (χ0) is 44.4. The van der Waals surface area contributed by atoms with Crippen LogP contribution in [-0.2, 0) is 14.3 Å². The first-order valence-electron chi connectivity index (χ1n) is 27.1. The number of allylic oxidation sites excluding steroid dienone is 4. The van der Waals surface area contributed by atoms with Gasteiger partial charge in [0.2, 0.25) is 5.91 Å². The Hall–Kier alpha value is -1.66. The second-order valence-electron chi connectivity index (χ2n) is 18.6. The van der Waals surface area contributed by atoms with Crippen molar-refractivity contribution < 1.29 is 24.5 Å². The second kappa shape index (κ2) is 51.0. The van der Waals surface area contributed by atoms with Crippen LogP contribution in [0.3, 0.4) is 0 Å². The number of aliphatic hydroxyl groups is 2. The van der Waals surface area contributed by atoms with E-state index in [1.54, 1.807) is 0 Å². The van der Waals surface area contributed by atoms with Crippen LogP contribution < -0.4 is 5.32 Å². The van der Waals surface area contributed by atoms with Gasteiger partial charge in [0.05, 0.1) is 25.4 Å². The summed E-state index contributed by atoms with van der Waals surface area (Å²) in [7, 11) is 0. The van der Waals surface area contributed by atoms with E-state index >= 15 is 0 Å². The van der Waals surface area contributed by atoms with Crippen molar-refractivity contribution in [3.05, 3.63) is 24.3 Å². The van der Waals surface area contributed by atoms with Gasteiger partial charge in [-0.25, -0.2) is 0 Å². The Morgan fingerprint density at radius 2 is 0.770 bits per heavy atom. The fourth-order valence-electron chi connectivity index (χ4n) is 8.28. The van der Waals surface area contributed by atoms with Gasteiger partial charge >= 0.3 is 5.97 Å². The van der Waals surface area contributed by atoms with Crippen LogP contribution in [0.5, 0.6) is 0 Å². The molecule has 0 rings (SSSR count). The van der Waals surface area contributed by atoms with Gasteiger partial charge in [0.1, 0.15) is 0 Å². The highest BCUT2D eigenvalue weighted by Crippen LogP contribution is 2.16. The number of carbonyl (C=O) groups is 2. The molecule has 6 heteroatoms. The minimum atomic E-state index is -0.667. The highest BCUT2D eigenvalue weighted by Gasteiger charge is 2.20. The lowest BCUT2D eigenvalue weighted by molar-refractivity contribution is -0.143. The van der Waals surface area contributed by atoms with Gasteiger partial charge in [-0.15, -0.1) is 0 Å². The van der Waals surface area contributed by atoms with Crippen LogP contribution in [0.25, 0.3) is 0 Å². The lowest BCUT2D eigenvalue weighted by Crippen LogP contribution is -2.45. The minimum Gasteiger partial charge on any atom is -0.466 e. The lowest BCUT2D eigenvalue weighted by Gasteiger charge is -2.22. The van der Waals surface area contributed by atoms with Gasteiger partial charge in [0.25, 0.3) is 0 Å². The number of carbonyl (C=O) groups excluding carboxylic acids is 2. The minimum absolute atomic E-state index is 0.00217. The Morgan fingerprint density at radius 1 is 0.443 bits per heavy atom. The molecule has 360 valence electrons. The Bertz CT molecular complexity index is 951. The number of unbranched alkanes of at least 4 members (excludes halogenated alkanes) is 35. The number of hydrogen-bond acceptors (Lipinski definition) is 5. The molecule has 0 aliphatic carbocycles. The number of amides is 1. The van der Waals surface area contributed by atoms with E-state index in [0.717, 1.165) is 44.9 Å². The molecule has 0 aromatic rings. The maximum atomic E-state index is 12.4. The smallest absolute Gasteiger partial charge is 0.305 e. The molecule has 0 fully saturated rings. The quantitative estimate of drug-likeness (QED) is 0.0322. The summed E-state index contributed by atoms with van der Waals surface area (Å²) < 4.78 is 5.45. The van der Waals surface area contributed by atoms with Crippen LogP contribution in [0.2, 0.25) is 0 Å². The van der Waals surface area contributed by atoms with Crippen LogP contribution in [0.4, 0.5) is 0 Å². The Labute approximate surface area is 380 Å². The fraction of sp³-hybridized carbons (Fsp3) is 0.891. The molecule has 6 nitrogen and oxygen atoms in total. The zero-order valence-corrected chi connectivity index (χ0v) is 40.9. The van der Waals surface area contributed by atoms with Gasteiger partial charge < -0.3 is 20.3 Å². The average Bonchev–Trinajstić information content (AvgIpc) is 3.26. The molecule has 61 heavy (non-hydrogen) atoms. The maximum Gasteiger partial charge on any atom is 0.305 e. The van der Waals surface area contributed by atoms with Gasteiger partial charge in [-0.2, -0.15) is 0 Å². The van der Waals surface area contributed by atoms with Crippen LogP contribution in [0.15, 0.2) is 24.3 Å². The van der Waals surface area contributed by atoms with Crippen molar-refractivity contribution in [3.8, 4) is 0 Å². The molecule has 2 atom stereocenters. The largest absolute Gasteiger partial charge is 0.466 e. The molecule has 3 N–H and O–H groups in total. The molecule has 0 aromatic carbocycles. The summed E-state index contributed by atoms with van der Waals surface area (Å²) in [5, 5.41) is 23.1. The molecule has 0 saturated heterocycles. The monoisotopic (exact) mass is 860 g/mol. The topological polar surface area (TPSA) is 95.9 Å². The summed E-state index contributed by atoms with van der Waals surface area (Å²) in [5.74, 6) is -0.0461. The number of aliphatic hydroxyl groups excluding tert-OH is 2. The first kappa shape index (κ1) is 59.3. The zero-order valence-electron chi connectivity index (χ0n) is 40.9. The number of rotatable bonds is 50. The molecule has 0 radical (unpaired) electrons. The van der Waals surface area contributed by atoms with E-state index in [-0.39, 0.29) is 18.5 Å². The van der Waals surface area contributed by atoms with Crippen molar-refractivity contribution in [1.82, 2.24) is 5.32 Å². The molecular formula is C55H105NO5. The molecule has 2 unspecified atom stereocenters. The van der Waals surface area contributed by atoms with Crippen molar-refractivity contribution in [1.29, 1.82) is 0 Å². The molecule has 0 heterocycles.